The first-order valence-electron chi connectivity index (χ1n) is 6.38. The standard InChI is InChI=1S/C13H17N3OS/c1-9-2-3-11-10(6-9)7-12(18-11)13-14-8-15-16(13)4-5-17/h7-9,17H,2-6H2,1H3. The third-order valence-corrected chi connectivity index (χ3v) is 4.71. The van der Waals surface area contributed by atoms with E-state index in [2.05, 4.69) is 23.1 Å². The molecule has 5 heteroatoms. The van der Waals surface area contributed by atoms with Gasteiger partial charge in [-0.25, -0.2) is 9.67 Å². The van der Waals surface area contributed by atoms with E-state index >= 15 is 0 Å². The van der Waals surface area contributed by atoms with Crippen LogP contribution in [0.1, 0.15) is 23.8 Å². The molecule has 0 amide bonds. The van der Waals surface area contributed by atoms with Crippen LogP contribution >= 0.6 is 11.3 Å². The fourth-order valence-corrected chi connectivity index (χ4v) is 3.74. The average molecular weight is 263 g/mol. The van der Waals surface area contributed by atoms with Gasteiger partial charge >= 0.3 is 0 Å². The Labute approximate surface area is 110 Å². The van der Waals surface area contributed by atoms with E-state index in [9.17, 15) is 0 Å². The Morgan fingerprint density at radius 2 is 2.44 bits per heavy atom. The second kappa shape index (κ2) is 4.82. The van der Waals surface area contributed by atoms with Gasteiger partial charge in [0, 0.05) is 4.88 Å². The molecule has 2 aromatic heterocycles. The van der Waals surface area contributed by atoms with E-state index in [1.165, 1.54) is 34.6 Å². The number of thiophene rings is 1. The molecule has 1 unspecified atom stereocenters. The number of aliphatic hydroxyl groups excluding tert-OH is 1. The first kappa shape index (κ1) is 11.9. The van der Waals surface area contributed by atoms with Crippen molar-refractivity contribution in [1.29, 1.82) is 0 Å². The maximum absolute atomic E-state index is 9.02. The highest BCUT2D eigenvalue weighted by atomic mass is 32.1. The second-order valence-electron chi connectivity index (χ2n) is 4.94. The largest absolute Gasteiger partial charge is 0.394 e. The molecule has 1 aliphatic rings. The maximum Gasteiger partial charge on any atom is 0.168 e. The van der Waals surface area contributed by atoms with E-state index in [4.69, 9.17) is 5.11 Å². The molecule has 2 heterocycles. The zero-order valence-corrected chi connectivity index (χ0v) is 11.3. The molecule has 0 spiro atoms. The van der Waals surface area contributed by atoms with Gasteiger partial charge in [0.15, 0.2) is 5.82 Å². The summed E-state index contributed by atoms with van der Waals surface area (Å²) in [7, 11) is 0. The monoisotopic (exact) mass is 263 g/mol. The molecule has 0 fully saturated rings. The van der Waals surface area contributed by atoms with Crippen LogP contribution in [-0.2, 0) is 19.4 Å². The van der Waals surface area contributed by atoms with Crippen molar-refractivity contribution in [2.75, 3.05) is 6.61 Å². The number of fused-ring (bicyclic) bond motifs is 1. The highest BCUT2D eigenvalue weighted by Crippen LogP contribution is 2.36. The predicted octanol–water partition coefficient (Wildman–Crippen LogP) is 2.12. The van der Waals surface area contributed by atoms with Crippen LogP contribution in [0, 0.1) is 5.92 Å². The molecule has 96 valence electrons. The molecule has 1 aliphatic carbocycles. The number of aromatic nitrogens is 3. The van der Waals surface area contributed by atoms with Crippen LogP contribution in [0.25, 0.3) is 10.7 Å². The number of rotatable bonds is 3. The highest BCUT2D eigenvalue weighted by Gasteiger charge is 2.20. The molecule has 4 nitrogen and oxygen atoms in total. The quantitative estimate of drug-likeness (QED) is 0.923. The van der Waals surface area contributed by atoms with Crippen molar-refractivity contribution in [3.8, 4) is 10.7 Å². The zero-order valence-electron chi connectivity index (χ0n) is 10.5. The molecular formula is C13H17N3OS. The minimum Gasteiger partial charge on any atom is -0.394 e. The van der Waals surface area contributed by atoms with Crippen molar-refractivity contribution in [2.45, 2.75) is 32.7 Å². The van der Waals surface area contributed by atoms with Crippen molar-refractivity contribution in [3.05, 3.63) is 22.8 Å². The lowest BCUT2D eigenvalue weighted by atomic mass is 9.90. The second-order valence-corrected chi connectivity index (χ2v) is 6.07. The summed E-state index contributed by atoms with van der Waals surface area (Å²) >= 11 is 1.83. The molecule has 18 heavy (non-hydrogen) atoms. The number of aryl methyl sites for hydroxylation is 1. The van der Waals surface area contributed by atoms with Crippen molar-refractivity contribution < 1.29 is 5.11 Å². The van der Waals surface area contributed by atoms with Crippen LogP contribution in [-0.4, -0.2) is 26.5 Å². The Hall–Kier alpha value is -1.20. The van der Waals surface area contributed by atoms with Crippen LogP contribution < -0.4 is 0 Å². The predicted molar refractivity (Wildman–Crippen MR) is 71.6 cm³/mol. The summed E-state index contributed by atoms with van der Waals surface area (Å²) in [5.41, 5.74) is 1.48. The molecular weight excluding hydrogens is 246 g/mol. The lowest BCUT2D eigenvalue weighted by Crippen LogP contribution is -2.08. The summed E-state index contributed by atoms with van der Waals surface area (Å²) in [6, 6.07) is 2.26. The fourth-order valence-electron chi connectivity index (χ4n) is 2.53. The number of hydrogen-bond donors (Lipinski definition) is 1. The fraction of sp³-hybridized carbons (Fsp3) is 0.538. The summed E-state index contributed by atoms with van der Waals surface area (Å²) in [4.78, 5) is 7.00. The third-order valence-electron chi connectivity index (χ3n) is 3.48. The molecule has 1 atom stereocenters. The van der Waals surface area contributed by atoms with Crippen molar-refractivity contribution >= 4 is 11.3 Å². The van der Waals surface area contributed by atoms with Gasteiger partial charge in [0.1, 0.15) is 6.33 Å². The van der Waals surface area contributed by atoms with Gasteiger partial charge in [0.25, 0.3) is 0 Å². The van der Waals surface area contributed by atoms with E-state index in [-0.39, 0.29) is 6.61 Å². The summed E-state index contributed by atoms with van der Waals surface area (Å²) in [5.74, 6) is 1.67. The molecule has 1 N–H and O–H groups in total. The topological polar surface area (TPSA) is 50.9 Å². The SMILES string of the molecule is CC1CCc2sc(-c3ncnn3CCO)cc2C1. The van der Waals surface area contributed by atoms with Crippen LogP contribution in [0.2, 0.25) is 0 Å². The van der Waals surface area contributed by atoms with Crippen LogP contribution in [0.3, 0.4) is 0 Å². The van der Waals surface area contributed by atoms with Gasteiger partial charge in [0.05, 0.1) is 18.0 Å². The Morgan fingerprint density at radius 1 is 1.56 bits per heavy atom. The van der Waals surface area contributed by atoms with E-state index in [1.54, 1.807) is 11.0 Å². The smallest absolute Gasteiger partial charge is 0.168 e. The van der Waals surface area contributed by atoms with E-state index in [0.717, 1.165) is 11.7 Å². The lowest BCUT2D eigenvalue weighted by molar-refractivity contribution is 0.270. The van der Waals surface area contributed by atoms with Crippen LogP contribution in [0.5, 0.6) is 0 Å². The zero-order chi connectivity index (χ0) is 12.5. The lowest BCUT2D eigenvalue weighted by Gasteiger charge is -2.16. The average Bonchev–Trinajstić information content (AvgIpc) is 2.94. The van der Waals surface area contributed by atoms with Gasteiger partial charge in [-0.2, -0.15) is 5.10 Å². The Balaban J connectivity index is 1.95. The molecule has 2 aromatic rings. The third kappa shape index (κ3) is 2.08. The Kier molecular flexibility index (Phi) is 3.18. The first-order valence-corrected chi connectivity index (χ1v) is 7.20. The van der Waals surface area contributed by atoms with Gasteiger partial charge in [-0.15, -0.1) is 11.3 Å². The van der Waals surface area contributed by atoms with E-state index < -0.39 is 0 Å². The van der Waals surface area contributed by atoms with Crippen molar-refractivity contribution in [1.82, 2.24) is 14.8 Å². The first-order chi connectivity index (χ1) is 8.78. The minimum atomic E-state index is 0.0957. The van der Waals surface area contributed by atoms with Gasteiger partial charge in [0.2, 0.25) is 0 Å². The molecule has 3 rings (SSSR count). The molecule has 0 saturated heterocycles. The van der Waals surface area contributed by atoms with Gasteiger partial charge in [-0.1, -0.05) is 6.92 Å². The number of aliphatic hydroxyl groups is 1. The summed E-state index contributed by atoms with van der Waals surface area (Å²) in [5, 5.41) is 13.2. The summed E-state index contributed by atoms with van der Waals surface area (Å²) in [6.45, 7) is 2.92. The molecule has 0 bridgehead atoms. The highest BCUT2D eigenvalue weighted by molar-refractivity contribution is 7.15. The van der Waals surface area contributed by atoms with Crippen molar-refractivity contribution in [2.24, 2.45) is 5.92 Å². The normalized spacial score (nSPS) is 18.9. The van der Waals surface area contributed by atoms with Crippen LogP contribution in [0.4, 0.5) is 0 Å². The molecule has 0 saturated carbocycles. The van der Waals surface area contributed by atoms with Gasteiger partial charge < -0.3 is 5.11 Å². The van der Waals surface area contributed by atoms with Crippen molar-refractivity contribution in [3.63, 3.8) is 0 Å². The minimum absolute atomic E-state index is 0.0957. The maximum atomic E-state index is 9.02. The number of nitrogens with zero attached hydrogens (tertiary/aromatic N) is 3. The Bertz CT molecular complexity index is 546. The van der Waals surface area contributed by atoms with E-state index in [0.29, 0.717) is 6.54 Å². The Morgan fingerprint density at radius 3 is 3.28 bits per heavy atom. The van der Waals surface area contributed by atoms with Crippen LogP contribution in [0.15, 0.2) is 12.4 Å². The number of hydrogen-bond acceptors (Lipinski definition) is 4. The molecule has 0 aromatic carbocycles. The molecule has 0 radical (unpaired) electrons. The molecule has 0 aliphatic heterocycles. The van der Waals surface area contributed by atoms with Gasteiger partial charge in [-0.3, -0.25) is 0 Å². The van der Waals surface area contributed by atoms with E-state index in [1.807, 2.05) is 11.3 Å². The van der Waals surface area contributed by atoms with Gasteiger partial charge in [-0.05, 0) is 36.8 Å². The summed E-state index contributed by atoms with van der Waals surface area (Å²) in [6.07, 6.45) is 5.22. The summed E-state index contributed by atoms with van der Waals surface area (Å²) < 4.78 is 1.78.